The second-order valence-corrected chi connectivity index (χ2v) is 4.48. The lowest BCUT2D eigenvalue weighted by Crippen LogP contribution is -2.09. The first-order valence-electron chi connectivity index (χ1n) is 5.56. The molecular weight excluding hydrogens is 224 g/mol. The smallest absolute Gasteiger partial charge is 0.122 e. The zero-order valence-electron chi connectivity index (χ0n) is 10.1. The Morgan fingerprint density at radius 3 is 2.62 bits per heavy atom. The lowest BCUT2D eigenvalue weighted by molar-refractivity contribution is 0.221. The minimum absolute atomic E-state index is 0.200. The van der Waals surface area contributed by atoms with Gasteiger partial charge in [-0.05, 0) is 42.5 Å². The minimum atomic E-state index is 0.200. The van der Waals surface area contributed by atoms with Gasteiger partial charge in [0.2, 0.25) is 0 Å². The molecule has 1 aromatic carbocycles. The van der Waals surface area contributed by atoms with E-state index in [0.29, 0.717) is 0 Å². The van der Waals surface area contributed by atoms with Gasteiger partial charge in [-0.3, -0.25) is 0 Å². The van der Waals surface area contributed by atoms with Gasteiger partial charge in [-0.25, -0.2) is 0 Å². The fraction of sp³-hybridized carbons (Fsp3) is 0.538. The van der Waals surface area contributed by atoms with Gasteiger partial charge in [0.15, 0.2) is 0 Å². The van der Waals surface area contributed by atoms with Crippen LogP contribution in [0.2, 0.25) is 5.02 Å². The predicted octanol–water partition coefficient (Wildman–Crippen LogP) is 3.22. The zero-order valence-corrected chi connectivity index (χ0v) is 10.8. The molecule has 1 rings (SSSR count). The summed E-state index contributed by atoms with van der Waals surface area (Å²) in [5, 5.41) is 9.95. The Balaban J connectivity index is 2.97. The quantitative estimate of drug-likeness (QED) is 0.859. The zero-order chi connectivity index (χ0) is 12.1. The second kappa shape index (κ2) is 6.12. The second-order valence-electron chi connectivity index (χ2n) is 4.07. The number of hydrogen-bond donors (Lipinski definition) is 1. The van der Waals surface area contributed by atoms with Crippen molar-refractivity contribution < 1.29 is 9.84 Å². The standard InChI is InChI=1S/C13H19ClO2/c1-4-10(8-15)6-11-7-12(14)9(2)5-13(11)16-3/h5,7,10,15H,4,6,8H2,1-3H3. The molecule has 1 N–H and O–H groups in total. The summed E-state index contributed by atoms with van der Waals surface area (Å²) >= 11 is 6.09. The van der Waals surface area contributed by atoms with Gasteiger partial charge < -0.3 is 9.84 Å². The number of benzene rings is 1. The van der Waals surface area contributed by atoms with Crippen molar-refractivity contribution in [3.63, 3.8) is 0 Å². The Kier molecular flexibility index (Phi) is 5.10. The van der Waals surface area contributed by atoms with E-state index < -0.39 is 0 Å². The first-order chi connectivity index (χ1) is 7.62. The summed E-state index contributed by atoms with van der Waals surface area (Å²) in [5.41, 5.74) is 2.08. The van der Waals surface area contributed by atoms with Crippen molar-refractivity contribution in [1.82, 2.24) is 0 Å². The lowest BCUT2D eigenvalue weighted by atomic mass is 9.96. The maximum atomic E-state index is 9.20. The van der Waals surface area contributed by atoms with E-state index in [0.717, 1.165) is 34.7 Å². The molecule has 0 aliphatic heterocycles. The van der Waals surface area contributed by atoms with E-state index in [9.17, 15) is 5.11 Å². The fourth-order valence-electron chi connectivity index (χ4n) is 1.69. The molecule has 2 nitrogen and oxygen atoms in total. The number of aryl methyl sites for hydroxylation is 1. The summed E-state index contributed by atoms with van der Waals surface area (Å²) in [6, 6.07) is 3.88. The normalized spacial score (nSPS) is 12.6. The van der Waals surface area contributed by atoms with Gasteiger partial charge in [-0.15, -0.1) is 0 Å². The largest absolute Gasteiger partial charge is 0.496 e. The number of halogens is 1. The average molecular weight is 243 g/mol. The van der Waals surface area contributed by atoms with Gasteiger partial charge in [0, 0.05) is 11.6 Å². The van der Waals surface area contributed by atoms with Crippen molar-refractivity contribution >= 4 is 11.6 Å². The Morgan fingerprint density at radius 1 is 1.44 bits per heavy atom. The van der Waals surface area contributed by atoms with Gasteiger partial charge in [-0.2, -0.15) is 0 Å². The molecule has 0 saturated heterocycles. The van der Waals surface area contributed by atoms with E-state index in [1.54, 1.807) is 7.11 Å². The SMILES string of the molecule is CCC(CO)Cc1cc(Cl)c(C)cc1OC. The number of ether oxygens (including phenoxy) is 1. The molecule has 1 atom stereocenters. The van der Waals surface area contributed by atoms with Crippen LogP contribution in [0, 0.1) is 12.8 Å². The van der Waals surface area contributed by atoms with E-state index in [1.165, 1.54) is 0 Å². The van der Waals surface area contributed by atoms with Gasteiger partial charge in [0.05, 0.1) is 7.11 Å². The third-order valence-electron chi connectivity index (χ3n) is 2.91. The highest BCUT2D eigenvalue weighted by molar-refractivity contribution is 6.31. The molecule has 0 amide bonds. The molecule has 0 heterocycles. The summed E-state index contributed by atoms with van der Waals surface area (Å²) in [6.45, 7) is 4.23. The molecule has 0 aromatic heterocycles. The lowest BCUT2D eigenvalue weighted by Gasteiger charge is -2.15. The maximum absolute atomic E-state index is 9.20. The van der Waals surface area contributed by atoms with Crippen LogP contribution in [0.1, 0.15) is 24.5 Å². The molecular formula is C13H19ClO2. The van der Waals surface area contributed by atoms with Crippen LogP contribution in [0.5, 0.6) is 5.75 Å². The van der Waals surface area contributed by atoms with Crippen molar-refractivity contribution in [3.8, 4) is 5.75 Å². The molecule has 0 spiro atoms. The Morgan fingerprint density at radius 2 is 2.12 bits per heavy atom. The number of aliphatic hydroxyl groups excluding tert-OH is 1. The maximum Gasteiger partial charge on any atom is 0.122 e. The highest BCUT2D eigenvalue weighted by Crippen LogP contribution is 2.28. The van der Waals surface area contributed by atoms with Crippen LogP contribution in [0.4, 0.5) is 0 Å². The van der Waals surface area contributed by atoms with E-state index in [-0.39, 0.29) is 12.5 Å². The third-order valence-corrected chi connectivity index (χ3v) is 3.31. The predicted molar refractivity (Wildman–Crippen MR) is 67.3 cm³/mol. The Hall–Kier alpha value is -0.730. The summed E-state index contributed by atoms with van der Waals surface area (Å²) in [4.78, 5) is 0. The molecule has 0 fully saturated rings. The third kappa shape index (κ3) is 3.13. The first kappa shape index (κ1) is 13.3. The molecule has 3 heteroatoms. The minimum Gasteiger partial charge on any atom is -0.496 e. The van der Waals surface area contributed by atoms with Crippen LogP contribution >= 0.6 is 11.6 Å². The number of aliphatic hydroxyl groups is 1. The van der Waals surface area contributed by atoms with Crippen molar-refractivity contribution in [3.05, 3.63) is 28.3 Å². The van der Waals surface area contributed by atoms with Crippen molar-refractivity contribution in [1.29, 1.82) is 0 Å². The molecule has 90 valence electrons. The number of hydrogen-bond acceptors (Lipinski definition) is 2. The van der Waals surface area contributed by atoms with Crippen LogP contribution in [0.15, 0.2) is 12.1 Å². The van der Waals surface area contributed by atoms with Crippen molar-refractivity contribution in [2.75, 3.05) is 13.7 Å². The molecule has 16 heavy (non-hydrogen) atoms. The molecule has 0 radical (unpaired) electrons. The molecule has 0 saturated carbocycles. The van der Waals surface area contributed by atoms with Gasteiger partial charge >= 0.3 is 0 Å². The molecule has 0 aliphatic rings. The molecule has 0 bridgehead atoms. The Labute approximate surface area is 102 Å². The van der Waals surface area contributed by atoms with Crippen LogP contribution in [0.3, 0.4) is 0 Å². The van der Waals surface area contributed by atoms with Crippen LogP contribution in [-0.2, 0) is 6.42 Å². The average Bonchev–Trinajstić information content (AvgIpc) is 2.29. The van der Waals surface area contributed by atoms with Gasteiger partial charge in [0.25, 0.3) is 0 Å². The summed E-state index contributed by atoms with van der Waals surface area (Å²) in [7, 11) is 1.66. The number of methoxy groups -OCH3 is 1. The summed E-state index contributed by atoms with van der Waals surface area (Å²) in [5.74, 6) is 1.13. The molecule has 1 aromatic rings. The van der Waals surface area contributed by atoms with Gasteiger partial charge in [-0.1, -0.05) is 24.9 Å². The van der Waals surface area contributed by atoms with Crippen LogP contribution in [-0.4, -0.2) is 18.8 Å². The summed E-state index contributed by atoms with van der Waals surface area (Å²) in [6.07, 6.45) is 1.75. The van der Waals surface area contributed by atoms with Crippen LogP contribution < -0.4 is 4.74 Å². The van der Waals surface area contributed by atoms with E-state index in [1.807, 2.05) is 19.1 Å². The van der Waals surface area contributed by atoms with Gasteiger partial charge in [0.1, 0.15) is 5.75 Å². The number of rotatable bonds is 5. The van der Waals surface area contributed by atoms with E-state index in [2.05, 4.69) is 6.92 Å². The monoisotopic (exact) mass is 242 g/mol. The van der Waals surface area contributed by atoms with Crippen molar-refractivity contribution in [2.45, 2.75) is 26.7 Å². The van der Waals surface area contributed by atoms with E-state index in [4.69, 9.17) is 16.3 Å². The highest BCUT2D eigenvalue weighted by atomic mass is 35.5. The molecule has 0 aliphatic carbocycles. The van der Waals surface area contributed by atoms with Crippen molar-refractivity contribution in [2.24, 2.45) is 5.92 Å². The highest BCUT2D eigenvalue weighted by Gasteiger charge is 2.12. The Bertz CT molecular complexity index is 346. The topological polar surface area (TPSA) is 29.5 Å². The first-order valence-corrected chi connectivity index (χ1v) is 5.94. The molecule has 1 unspecified atom stereocenters. The summed E-state index contributed by atoms with van der Waals surface area (Å²) < 4.78 is 5.33. The van der Waals surface area contributed by atoms with E-state index >= 15 is 0 Å². The fourth-order valence-corrected chi connectivity index (χ4v) is 1.88. The van der Waals surface area contributed by atoms with Crippen LogP contribution in [0.25, 0.3) is 0 Å².